The van der Waals surface area contributed by atoms with Crippen LogP contribution in [-0.2, 0) is 10.0 Å². The van der Waals surface area contributed by atoms with Crippen LogP contribution in [0.2, 0.25) is 0 Å². The van der Waals surface area contributed by atoms with Gasteiger partial charge < -0.3 is 4.98 Å². The van der Waals surface area contributed by atoms with E-state index in [-0.39, 0.29) is 11.3 Å². The van der Waals surface area contributed by atoms with E-state index in [4.69, 9.17) is 0 Å². The number of rotatable bonds is 8. The van der Waals surface area contributed by atoms with E-state index >= 15 is 4.39 Å². The summed E-state index contributed by atoms with van der Waals surface area (Å²) in [6, 6.07) is 10.1. The number of carbonyl (C=O) groups excluding carboxylic acids is 2. The zero-order valence-electron chi connectivity index (χ0n) is 17.9. The number of nitrogens with zero attached hydrogens (tertiary/aromatic N) is 1. The lowest BCUT2D eigenvalue weighted by Gasteiger charge is -2.11. The summed E-state index contributed by atoms with van der Waals surface area (Å²) in [6.07, 6.45) is 3.87. The number of aldehydes is 1. The van der Waals surface area contributed by atoms with Crippen LogP contribution in [0.25, 0.3) is 22.2 Å². The van der Waals surface area contributed by atoms with Crippen LogP contribution in [0, 0.1) is 11.6 Å². The second-order valence-corrected chi connectivity index (χ2v) is 9.44. The number of anilines is 1. The molecule has 10 heteroatoms. The van der Waals surface area contributed by atoms with Gasteiger partial charge in [-0.1, -0.05) is 31.2 Å². The normalized spacial score (nSPS) is 11.5. The van der Waals surface area contributed by atoms with E-state index < -0.39 is 38.7 Å². The average Bonchev–Trinajstić information content (AvgIpc) is 3.24. The largest absolute Gasteiger partial charge is 0.345 e. The number of halogens is 2. The van der Waals surface area contributed by atoms with Gasteiger partial charge in [-0.2, -0.15) is 0 Å². The van der Waals surface area contributed by atoms with Gasteiger partial charge >= 0.3 is 0 Å². The van der Waals surface area contributed by atoms with Crippen LogP contribution in [0.15, 0.2) is 54.9 Å². The number of aromatic nitrogens is 2. The Balaban J connectivity index is 1.77. The number of sulfonamides is 1. The van der Waals surface area contributed by atoms with Crippen LogP contribution in [-0.4, -0.2) is 36.2 Å². The molecule has 0 bridgehead atoms. The molecule has 0 radical (unpaired) electrons. The third-order valence-electron chi connectivity index (χ3n) is 5.21. The standard InChI is InChI=1S/C24H19F2N3O4S/c1-2-9-34(32,33)29-20-8-7-19(25)21(22(20)26)23(31)18-12-28-24-17(18)10-16(11-27-24)15-5-3-14(13-30)4-6-15/h3-8,10-13,29H,2,9H2,1H3,(H,27,28). The van der Waals surface area contributed by atoms with Gasteiger partial charge in [0.05, 0.1) is 17.0 Å². The van der Waals surface area contributed by atoms with Crippen LogP contribution in [0.1, 0.15) is 39.6 Å². The molecule has 34 heavy (non-hydrogen) atoms. The lowest BCUT2D eigenvalue weighted by molar-refractivity contribution is 0.103. The fourth-order valence-electron chi connectivity index (χ4n) is 3.56. The Morgan fingerprint density at radius 2 is 1.85 bits per heavy atom. The number of hydrogen-bond acceptors (Lipinski definition) is 5. The van der Waals surface area contributed by atoms with Gasteiger partial charge in [-0.25, -0.2) is 22.2 Å². The Hall–Kier alpha value is -3.92. The summed E-state index contributed by atoms with van der Waals surface area (Å²) in [4.78, 5) is 31.2. The quantitative estimate of drug-likeness (QED) is 0.279. The van der Waals surface area contributed by atoms with E-state index in [1.165, 1.54) is 6.20 Å². The number of benzene rings is 2. The Kier molecular flexibility index (Phi) is 6.25. The monoisotopic (exact) mass is 483 g/mol. The van der Waals surface area contributed by atoms with Crippen LogP contribution in [0.3, 0.4) is 0 Å². The Labute approximate surface area is 193 Å². The van der Waals surface area contributed by atoms with E-state index in [1.54, 1.807) is 43.5 Å². The Morgan fingerprint density at radius 1 is 1.12 bits per heavy atom. The zero-order valence-corrected chi connectivity index (χ0v) is 18.7. The number of carbonyl (C=O) groups is 2. The fourth-order valence-corrected chi connectivity index (χ4v) is 4.70. The molecule has 0 aliphatic carbocycles. The fraction of sp³-hybridized carbons (Fsp3) is 0.125. The van der Waals surface area contributed by atoms with Crippen molar-refractivity contribution in [3.8, 4) is 11.1 Å². The number of ketones is 1. The molecule has 0 fully saturated rings. The summed E-state index contributed by atoms with van der Waals surface area (Å²) >= 11 is 0. The summed E-state index contributed by atoms with van der Waals surface area (Å²) < 4.78 is 55.9. The second-order valence-electron chi connectivity index (χ2n) is 7.60. The van der Waals surface area contributed by atoms with Crippen molar-refractivity contribution >= 4 is 38.8 Å². The molecule has 4 aromatic rings. The van der Waals surface area contributed by atoms with Crippen molar-refractivity contribution in [2.24, 2.45) is 0 Å². The number of aromatic amines is 1. The van der Waals surface area contributed by atoms with Gasteiger partial charge in [0.25, 0.3) is 0 Å². The lowest BCUT2D eigenvalue weighted by Crippen LogP contribution is -2.18. The molecular formula is C24H19F2N3O4S. The van der Waals surface area contributed by atoms with Gasteiger partial charge in [0, 0.05) is 34.5 Å². The van der Waals surface area contributed by atoms with Gasteiger partial charge in [-0.15, -0.1) is 0 Å². The predicted molar refractivity (Wildman–Crippen MR) is 124 cm³/mol. The van der Waals surface area contributed by atoms with Gasteiger partial charge in [0.2, 0.25) is 15.8 Å². The number of H-pyrrole nitrogens is 1. The topological polar surface area (TPSA) is 109 Å². The highest BCUT2D eigenvalue weighted by atomic mass is 32.2. The first-order valence-corrected chi connectivity index (χ1v) is 11.9. The molecule has 0 atom stereocenters. The van der Waals surface area contributed by atoms with Gasteiger partial charge in [0.1, 0.15) is 17.8 Å². The maximum Gasteiger partial charge on any atom is 0.232 e. The van der Waals surface area contributed by atoms with Crippen molar-refractivity contribution in [2.75, 3.05) is 10.5 Å². The summed E-state index contributed by atoms with van der Waals surface area (Å²) in [5.41, 5.74) is 0.767. The summed E-state index contributed by atoms with van der Waals surface area (Å²) in [7, 11) is -3.85. The number of hydrogen-bond donors (Lipinski definition) is 2. The molecule has 0 aliphatic rings. The van der Waals surface area contributed by atoms with Crippen molar-refractivity contribution in [1.82, 2.24) is 9.97 Å². The molecular weight excluding hydrogens is 464 g/mol. The van der Waals surface area contributed by atoms with Gasteiger partial charge in [-0.05, 0) is 30.2 Å². The molecule has 0 spiro atoms. The van der Waals surface area contributed by atoms with Crippen LogP contribution in [0.5, 0.6) is 0 Å². The molecule has 2 heterocycles. The number of pyridine rings is 1. The molecule has 174 valence electrons. The zero-order chi connectivity index (χ0) is 24.5. The molecule has 7 nitrogen and oxygen atoms in total. The maximum atomic E-state index is 15.1. The first-order valence-electron chi connectivity index (χ1n) is 10.3. The third kappa shape index (κ3) is 4.44. The van der Waals surface area contributed by atoms with E-state index in [2.05, 4.69) is 14.7 Å². The molecule has 0 amide bonds. The van der Waals surface area contributed by atoms with E-state index in [1.807, 2.05) is 0 Å². The van der Waals surface area contributed by atoms with Crippen LogP contribution in [0.4, 0.5) is 14.5 Å². The average molecular weight is 483 g/mol. The molecule has 2 N–H and O–H groups in total. The molecule has 0 saturated carbocycles. The van der Waals surface area contributed by atoms with E-state index in [0.717, 1.165) is 17.7 Å². The molecule has 0 unspecified atom stereocenters. The van der Waals surface area contributed by atoms with Crippen molar-refractivity contribution in [2.45, 2.75) is 13.3 Å². The number of fused-ring (bicyclic) bond motifs is 1. The first kappa shape index (κ1) is 23.2. The lowest BCUT2D eigenvalue weighted by atomic mass is 9.99. The molecule has 0 aliphatic heterocycles. The van der Waals surface area contributed by atoms with Crippen LogP contribution < -0.4 is 4.72 Å². The molecule has 2 aromatic carbocycles. The van der Waals surface area contributed by atoms with Gasteiger partial charge in [0.15, 0.2) is 5.82 Å². The molecule has 2 aromatic heterocycles. The highest BCUT2D eigenvalue weighted by Crippen LogP contribution is 2.29. The third-order valence-corrected chi connectivity index (χ3v) is 6.69. The van der Waals surface area contributed by atoms with Crippen molar-refractivity contribution in [1.29, 1.82) is 0 Å². The number of nitrogens with one attached hydrogen (secondary N) is 2. The minimum absolute atomic E-state index is 0.0276. The van der Waals surface area contributed by atoms with Crippen molar-refractivity contribution in [3.63, 3.8) is 0 Å². The summed E-state index contributed by atoms with van der Waals surface area (Å²) in [5.74, 6) is -3.64. The van der Waals surface area contributed by atoms with Crippen LogP contribution >= 0.6 is 0 Å². The molecule has 4 rings (SSSR count). The summed E-state index contributed by atoms with van der Waals surface area (Å²) in [5, 5.41) is 0.331. The minimum Gasteiger partial charge on any atom is -0.345 e. The van der Waals surface area contributed by atoms with Crippen molar-refractivity contribution < 1.29 is 26.8 Å². The maximum absolute atomic E-state index is 15.1. The van der Waals surface area contributed by atoms with Crippen molar-refractivity contribution in [3.05, 3.63) is 83.2 Å². The smallest absolute Gasteiger partial charge is 0.232 e. The first-order chi connectivity index (χ1) is 16.2. The summed E-state index contributed by atoms with van der Waals surface area (Å²) in [6.45, 7) is 1.64. The second kappa shape index (κ2) is 9.14. The highest BCUT2D eigenvalue weighted by molar-refractivity contribution is 7.92. The van der Waals surface area contributed by atoms with E-state index in [0.29, 0.717) is 34.9 Å². The minimum atomic E-state index is -3.85. The predicted octanol–water partition coefficient (Wildman–Crippen LogP) is 4.70. The highest BCUT2D eigenvalue weighted by Gasteiger charge is 2.26. The van der Waals surface area contributed by atoms with Gasteiger partial charge in [-0.3, -0.25) is 14.3 Å². The molecule has 0 saturated heterocycles. The SMILES string of the molecule is CCCS(=O)(=O)Nc1ccc(F)c(C(=O)c2c[nH]c3ncc(-c4ccc(C=O)cc4)cc23)c1F. The Bertz CT molecular complexity index is 1510. The Morgan fingerprint density at radius 3 is 2.53 bits per heavy atom. The van der Waals surface area contributed by atoms with E-state index in [9.17, 15) is 22.4 Å².